The van der Waals surface area contributed by atoms with Crippen LogP contribution in [0.1, 0.15) is 22.3 Å². The Bertz CT molecular complexity index is 1490. The summed E-state index contributed by atoms with van der Waals surface area (Å²) in [7, 11) is -4.17. The molecule has 8 nitrogen and oxygen atoms in total. The average Bonchev–Trinajstić information content (AvgIpc) is 2.80. The topological polar surface area (TPSA) is 110 Å². The number of amides is 4. The van der Waals surface area contributed by atoms with E-state index in [1.807, 2.05) is 19.9 Å². The van der Waals surface area contributed by atoms with Crippen molar-refractivity contribution in [3.05, 3.63) is 94.6 Å². The molecule has 0 atom stereocenters. The molecule has 1 N–H and O–H groups in total. The lowest BCUT2D eigenvalue weighted by Crippen LogP contribution is -2.54. The first-order valence-electron chi connectivity index (χ1n) is 10.7. The van der Waals surface area contributed by atoms with Gasteiger partial charge in [0, 0.05) is 5.56 Å². The fraction of sp³-hybridized carbons (Fsp3) is 0.115. The molecule has 9 heteroatoms. The second kappa shape index (κ2) is 9.19. The van der Waals surface area contributed by atoms with Crippen LogP contribution in [0.5, 0.6) is 5.75 Å². The third-order valence-electron chi connectivity index (χ3n) is 5.44. The van der Waals surface area contributed by atoms with Crippen LogP contribution in [0.2, 0.25) is 0 Å². The minimum absolute atomic E-state index is 0.0382. The van der Waals surface area contributed by atoms with E-state index < -0.39 is 28.0 Å². The normalized spacial score (nSPS) is 15.3. The first-order chi connectivity index (χ1) is 16.6. The lowest BCUT2D eigenvalue weighted by Gasteiger charge is -2.28. The molecule has 35 heavy (non-hydrogen) atoms. The van der Waals surface area contributed by atoms with E-state index in [1.54, 1.807) is 43.3 Å². The Morgan fingerprint density at radius 2 is 1.51 bits per heavy atom. The van der Waals surface area contributed by atoms with Crippen molar-refractivity contribution in [1.82, 2.24) is 5.32 Å². The Morgan fingerprint density at radius 1 is 0.857 bits per heavy atom. The van der Waals surface area contributed by atoms with Crippen LogP contribution in [0.3, 0.4) is 0 Å². The molecule has 1 aliphatic heterocycles. The maximum Gasteiger partial charge on any atom is 0.339 e. The fourth-order valence-corrected chi connectivity index (χ4v) is 4.49. The van der Waals surface area contributed by atoms with Crippen LogP contribution in [0.4, 0.5) is 10.5 Å². The first kappa shape index (κ1) is 23.9. The van der Waals surface area contributed by atoms with Gasteiger partial charge in [0.1, 0.15) is 16.2 Å². The van der Waals surface area contributed by atoms with Gasteiger partial charge in [0.25, 0.3) is 11.8 Å². The van der Waals surface area contributed by atoms with Crippen LogP contribution in [0.25, 0.3) is 6.08 Å². The number of barbiturate groups is 1. The van der Waals surface area contributed by atoms with Crippen LogP contribution in [0.15, 0.2) is 77.2 Å². The van der Waals surface area contributed by atoms with Gasteiger partial charge in [-0.05, 0) is 62.2 Å². The summed E-state index contributed by atoms with van der Waals surface area (Å²) in [4.78, 5) is 39.3. The Morgan fingerprint density at radius 3 is 2.23 bits per heavy atom. The van der Waals surface area contributed by atoms with E-state index in [-0.39, 0.29) is 21.8 Å². The van der Waals surface area contributed by atoms with Crippen LogP contribution in [-0.2, 0) is 19.7 Å². The fourth-order valence-electron chi connectivity index (χ4n) is 3.54. The van der Waals surface area contributed by atoms with Crippen molar-refractivity contribution in [2.75, 3.05) is 4.90 Å². The molecular weight excluding hydrogens is 468 g/mol. The Kier molecular flexibility index (Phi) is 6.27. The SMILES string of the molecule is Cc1ccc(S(=O)(=O)Oc2ccccc2/C=C2\C(=O)NC(=O)N(c3cc(C)ccc3C)C2=O)cc1. The molecule has 0 saturated carbocycles. The number of carbonyl (C=O) groups excluding carboxylic acids is 3. The summed E-state index contributed by atoms with van der Waals surface area (Å²) in [5.41, 5.74) is 2.57. The van der Waals surface area contributed by atoms with Crippen molar-refractivity contribution in [3.8, 4) is 5.75 Å². The zero-order valence-electron chi connectivity index (χ0n) is 19.2. The van der Waals surface area contributed by atoms with E-state index in [1.165, 1.54) is 30.3 Å². The van der Waals surface area contributed by atoms with E-state index >= 15 is 0 Å². The lowest BCUT2D eigenvalue weighted by atomic mass is 10.0. The van der Waals surface area contributed by atoms with Crippen LogP contribution < -0.4 is 14.4 Å². The van der Waals surface area contributed by atoms with Crippen molar-refractivity contribution in [1.29, 1.82) is 0 Å². The van der Waals surface area contributed by atoms with Gasteiger partial charge in [0.15, 0.2) is 0 Å². The maximum absolute atomic E-state index is 13.3. The molecular formula is C26H22N2O6S. The molecule has 0 aliphatic carbocycles. The number of nitrogens with one attached hydrogen (secondary N) is 1. The minimum Gasteiger partial charge on any atom is -0.378 e. The monoisotopic (exact) mass is 490 g/mol. The van der Waals surface area contributed by atoms with Crippen molar-refractivity contribution in [3.63, 3.8) is 0 Å². The van der Waals surface area contributed by atoms with E-state index in [2.05, 4.69) is 5.32 Å². The highest BCUT2D eigenvalue weighted by molar-refractivity contribution is 7.87. The third-order valence-corrected chi connectivity index (χ3v) is 6.68. The minimum atomic E-state index is -4.17. The Hall–Kier alpha value is -4.24. The van der Waals surface area contributed by atoms with E-state index in [0.717, 1.165) is 16.0 Å². The van der Waals surface area contributed by atoms with Crippen LogP contribution in [-0.4, -0.2) is 26.3 Å². The molecule has 178 valence electrons. The van der Waals surface area contributed by atoms with Gasteiger partial charge < -0.3 is 4.18 Å². The highest BCUT2D eigenvalue weighted by atomic mass is 32.2. The number of aryl methyl sites for hydroxylation is 3. The smallest absolute Gasteiger partial charge is 0.339 e. The average molecular weight is 491 g/mol. The van der Waals surface area contributed by atoms with Gasteiger partial charge >= 0.3 is 16.1 Å². The standard InChI is InChI=1S/C26H22N2O6S/c1-16-9-12-20(13-10-16)35(32,33)34-23-7-5-4-6-19(23)15-21-24(29)27-26(31)28(25(21)30)22-14-17(2)8-11-18(22)3/h4-15H,1-3H3,(H,27,29,31)/b21-15+. The largest absolute Gasteiger partial charge is 0.378 e. The highest BCUT2D eigenvalue weighted by Crippen LogP contribution is 2.29. The van der Waals surface area contributed by atoms with Gasteiger partial charge in [-0.1, -0.05) is 48.0 Å². The van der Waals surface area contributed by atoms with Crippen molar-refractivity contribution in [2.24, 2.45) is 0 Å². The van der Waals surface area contributed by atoms with Crippen LogP contribution >= 0.6 is 0 Å². The second-order valence-corrected chi connectivity index (χ2v) is 9.68. The first-order valence-corrected chi connectivity index (χ1v) is 12.1. The predicted octanol–water partition coefficient (Wildman–Crippen LogP) is 4.05. The zero-order chi connectivity index (χ0) is 25.3. The molecule has 3 aromatic rings. The third kappa shape index (κ3) is 4.85. The molecule has 0 bridgehead atoms. The predicted molar refractivity (Wildman–Crippen MR) is 130 cm³/mol. The summed E-state index contributed by atoms with van der Waals surface area (Å²) in [5.74, 6) is -1.79. The molecule has 4 amide bonds. The van der Waals surface area contributed by atoms with Gasteiger partial charge in [-0.25, -0.2) is 9.69 Å². The van der Waals surface area contributed by atoms with E-state index in [0.29, 0.717) is 11.3 Å². The Labute approximate surface area is 203 Å². The quantitative estimate of drug-likeness (QED) is 0.328. The summed E-state index contributed by atoms with van der Waals surface area (Å²) < 4.78 is 30.9. The van der Waals surface area contributed by atoms with Gasteiger partial charge in [-0.3, -0.25) is 14.9 Å². The molecule has 1 saturated heterocycles. The summed E-state index contributed by atoms with van der Waals surface area (Å²) in [5, 5.41) is 2.17. The number of para-hydroxylation sites is 1. The number of nitrogens with zero attached hydrogens (tertiary/aromatic N) is 1. The maximum atomic E-state index is 13.3. The summed E-state index contributed by atoms with van der Waals surface area (Å²) in [6.07, 6.45) is 1.21. The molecule has 0 spiro atoms. The molecule has 0 unspecified atom stereocenters. The molecule has 1 fully saturated rings. The number of rotatable bonds is 5. The molecule has 0 aromatic heterocycles. The number of carbonyl (C=O) groups is 3. The molecule has 1 heterocycles. The second-order valence-electron chi connectivity index (χ2n) is 8.14. The van der Waals surface area contributed by atoms with Gasteiger partial charge in [-0.15, -0.1) is 0 Å². The number of urea groups is 1. The van der Waals surface area contributed by atoms with E-state index in [9.17, 15) is 22.8 Å². The number of imide groups is 2. The number of anilines is 1. The molecule has 1 aliphatic rings. The van der Waals surface area contributed by atoms with Gasteiger partial charge in [0.05, 0.1) is 5.69 Å². The highest BCUT2D eigenvalue weighted by Gasteiger charge is 2.37. The number of benzene rings is 3. The molecule has 0 radical (unpaired) electrons. The summed E-state index contributed by atoms with van der Waals surface area (Å²) >= 11 is 0. The zero-order valence-corrected chi connectivity index (χ0v) is 20.0. The van der Waals surface area contributed by atoms with Gasteiger partial charge in [-0.2, -0.15) is 8.42 Å². The summed E-state index contributed by atoms with van der Waals surface area (Å²) in [6.45, 7) is 5.39. The Balaban J connectivity index is 1.73. The number of hydrogen-bond donors (Lipinski definition) is 1. The number of hydrogen-bond acceptors (Lipinski definition) is 6. The summed E-state index contributed by atoms with van der Waals surface area (Å²) in [6, 6.07) is 16.7. The van der Waals surface area contributed by atoms with E-state index in [4.69, 9.17) is 4.18 Å². The van der Waals surface area contributed by atoms with Gasteiger partial charge in [0.2, 0.25) is 0 Å². The lowest BCUT2D eigenvalue weighted by molar-refractivity contribution is -0.122. The van der Waals surface area contributed by atoms with Crippen molar-refractivity contribution in [2.45, 2.75) is 25.7 Å². The van der Waals surface area contributed by atoms with Crippen LogP contribution in [0, 0.1) is 20.8 Å². The molecule has 3 aromatic carbocycles. The molecule has 4 rings (SSSR count). The van der Waals surface area contributed by atoms with Crippen molar-refractivity contribution < 1.29 is 27.0 Å². The van der Waals surface area contributed by atoms with Crippen molar-refractivity contribution >= 4 is 39.7 Å².